The molecule has 0 spiro atoms. The van der Waals surface area contributed by atoms with E-state index in [9.17, 15) is 22.4 Å². The van der Waals surface area contributed by atoms with E-state index in [1.165, 1.54) is 31.4 Å². The second-order valence-electron chi connectivity index (χ2n) is 7.58. The number of nitrogens with one attached hydrogen (secondary N) is 1. The van der Waals surface area contributed by atoms with Crippen LogP contribution in [0.25, 0.3) is 0 Å². The molecule has 1 aliphatic heterocycles. The number of benzene rings is 2. The van der Waals surface area contributed by atoms with E-state index in [2.05, 4.69) is 4.72 Å². The summed E-state index contributed by atoms with van der Waals surface area (Å²) in [5.74, 6) is -1.17. The van der Waals surface area contributed by atoms with E-state index in [4.69, 9.17) is 16.3 Å². The topological polar surface area (TPSA) is 96.0 Å². The third-order valence-corrected chi connectivity index (χ3v) is 7.14. The number of nitrogens with zero attached hydrogens (tertiary/aromatic N) is 2. The molecule has 8 nitrogen and oxygen atoms in total. The summed E-state index contributed by atoms with van der Waals surface area (Å²) < 4.78 is 45.6. The Kier molecular flexibility index (Phi) is 8.06. The molecule has 11 heteroatoms. The van der Waals surface area contributed by atoms with Crippen molar-refractivity contribution in [2.24, 2.45) is 0 Å². The number of halogens is 2. The van der Waals surface area contributed by atoms with E-state index >= 15 is 0 Å². The fourth-order valence-electron chi connectivity index (χ4n) is 3.48. The first-order valence-electron chi connectivity index (χ1n) is 10.3. The van der Waals surface area contributed by atoms with Crippen LogP contribution in [-0.4, -0.2) is 76.5 Å². The van der Waals surface area contributed by atoms with Crippen LogP contribution in [0.4, 0.5) is 4.39 Å². The number of rotatable bonds is 7. The van der Waals surface area contributed by atoms with Gasteiger partial charge in [-0.15, -0.1) is 0 Å². The van der Waals surface area contributed by atoms with Gasteiger partial charge in [0.25, 0.3) is 11.8 Å². The van der Waals surface area contributed by atoms with Crippen molar-refractivity contribution in [3.8, 4) is 0 Å². The van der Waals surface area contributed by atoms with Gasteiger partial charge < -0.3 is 14.5 Å². The lowest BCUT2D eigenvalue weighted by Gasteiger charge is -2.35. The van der Waals surface area contributed by atoms with Gasteiger partial charge in [-0.25, -0.2) is 17.5 Å². The van der Waals surface area contributed by atoms with Gasteiger partial charge in [-0.2, -0.15) is 0 Å². The number of piperazine rings is 1. The Bertz CT molecular complexity index is 1150. The molecular weight excluding hydrogens is 473 g/mol. The highest BCUT2D eigenvalue weighted by Crippen LogP contribution is 2.21. The van der Waals surface area contributed by atoms with Gasteiger partial charge in [0.2, 0.25) is 10.0 Å². The Balaban J connectivity index is 1.70. The summed E-state index contributed by atoms with van der Waals surface area (Å²) in [7, 11) is -2.32. The summed E-state index contributed by atoms with van der Waals surface area (Å²) in [4.78, 5) is 29.0. The minimum absolute atomic E-state index is 0.00711. The van der Waals surface area contributed by atoms with E-state index in [1.807, 2.05) is 0 Å². The van der Waals surface area contributed by atoms with Crippen molar-refractivity contribution >= 4 is 33.4 Å². The van der Waals surface area contributed by atoms with E-state index in [-0.39, 0.29) is 72.2 Å². The molecule has 2 aromatic rings. The van der Waals surface area contributed by atoms with Crippen molar-refractivity contribution in [2.75, 3.05) is 46.4 Å². The largest absolute Gasteiger partial charge is 0.383 e. The van der Waals surface area contributed by atoms with Gasteiger partial charge in [-0.3, -0.25) is 9.59 Å². The lowest BCUT2D eigenvalue weighted by Crippen LogP contribution is -2.50. The van der Waals surface area contributed by atoms with E-state index < -0.39 is 15.8 Å². The second kappa shape index (κ2) is 10.6. The van der Waals surface area contributed by atoms with Gasteiger partial charge in [0.1, 0.15) is 5.82 Å². The van der Waals surface area contributed by atoms with Crippen LogP contribution in [0.2, 0.25) is 5.02 Å². The number of aryl methyl sites for hydroxylation is 1. The number of hydrogen-bond donors (Lipinski definition) is 1. The monoisotopic (exact) mass is 497 g/mol. The van der Waals surface area contributed by atoms with E-state index in [1.54, 1.807) is 22.8 Å². The van der Waals surface area contributed by atoms with E-state index in [0.29, 0.717) is 5.56 Å². The quantitative estimate of drug-likeness (QED) is 0.592. The van der Waals surface area contributed by atoms with Crippen molar-refractivity contribution in [1.82, 2.24) is 14.5 Å². The molecule has 1 N–H and O–H groups in total. The first kappa shape index (κ1) is 25.1. The summed E-state index contributed by atoms with van der Waals surface area (Å²) in [6.45, 7) is 3.16. The maximum atomic E-state index is 13.3. The van der Waals surface area contributed by atoms with Gasteiger partial charge in [0.15, 0.2) is 0 Å². The average Bonchev–Trinajstić information content (AvgIpc) is 2.78. The molecule has 1 aliphatic rings. The zero-order chi connectivity index (χ0) is 24.2. The fraction of sp³-hybridized carbons (Fsp3) is 0.364. The molecule has 0 bridgehead atoms. The lowest BCUT2D eigenvalue weighted by atomic mass is 10.1. The number of amides is 2. The van der Waals surface area contributed by atoms with Crippen LogP contribution in [0.15, 0.2) is 41.3 Å². The number of sulfonamides is 1. The first-order valence-corrected chi connectivity index (χ1v) is 12.1. The maximum Gasteiger partial charge on any atom is 0.255 e. The predicted octanol–water partition coefficient (Wildman–Crippen LogP) is 2.31. The zero-order valence-electron chi connectivity index (χ0n) is 18.3. The summed E-state index contributed by atoms with van der Waals surface area (Å²) in [6, 6.07) is 8.00. The minimum Gasteiger partial charge on any atom is -0.383 e. The van der Waals surface area contributed by atoms with Crippen LogP contribution in [0.3, 0.4) is 0 Å². The summed E-state index contributed by atoms with van der Waals surface area (Å²) in [5.41, 5.74) is 1.13. The van der Waals surface area contributed by atoms with Crippen molar-refractivity contribution in [3.05, 3.63) is 63.9 Å². The Labute approximate surface area is 197 Å². The molecule has 0 unspecified atom stereocenters. The molecule has 33 heavy (non-hydrogen) atoms. The van der Waals surface area contributed by atoms with Crippen molar-refractivity contribution in [1.29, 1.82) is 0 Å². The SMILES string of the molecule is COCCNS(=O)(=O)c1ccc(C)c(C(=O)N2CCN(C(=O)c3ccc(F)cc3Cl)CC2)c1. The smallest absolute Gasteiger partial charge is 0.255 e. The number of carbonyl (C=O) groups excluding carboxylic acids is 2. The highest BCUT2D eigenvalue weighted by Gasteiger charge is 2.28. The van der Waals surface area contributed by atoms with Crippen LogP contribution in [0.1, 0.15) is 26.3 Å². The molecular formula is C22H25ClFN3O5S. The van der Waals surface area contributed by atoms with Gasteiger partial charge in [0, 0.05) is 45.4 Å². The number of carbonyl (C=O) groups is 2. The molecule has 0 atom stereocenters. The normalized spacial score (nSPS) is 14.4. The Morgan fingerprint density at radius 3 is 2.21 bits per heavy atom. The molecule has 1 fully saturated rings. The maximum absolute atomic E-state index is 13.3. The highest BCUT2D eigenvalue weighted by molar-refractivity contribution is 7.89. The Morgan fingerprint density at radius 1 is 1.03 bits per heavy atom. The van der Waals surface area contributed by atoms with Crippen molar-refractivity contribution in [2.45, 2.75) is 11.8 Å². The Hall–Kier alpha value is -2.53. The molecule has 2 amide bonds. The van der Waals surface area contributed by atoms with Crippen LogP contribution in [-0.2, 0) is 14.8 Å². The number of ether oxygens (including phenoxy) is 1. The minimum atomic E-state index is -3.79. The third-order valence-electron chi connectivity index (χ3n) is 5.36. The fourth-order valence-corrected chi connectivity index (χ4v) is 4.76. The standard InChI is InChI=1S/C22H25ClFN3O5S/c1-15-3-5-17(33(30,31)25-7-12-32-2)14-19(15)22(29)27-10-8-26(9-11-27)21(28)18-6-4-16(24)13-20(18)23/h3-6,13-14,25H,7-12H2,1-2H3. The van der Waals surface area contributed by atoms with Crippen molar-refractivity contribution < 1.29 is 27.1 Å². The molecule has 178 valence electrons. The average molecular weight is 498 g/mol. The molecule has 0 aliphatic carbocycles. The van der Waals surface area contributed by atoms with E-state index in [0.717, 1.165) is 6.07 Å². The molecule has 0 aromatic heterocycles. The molecule has 3 rings (SSSR count). The molecule has 0 radical (unpaired) electrons. The van der Waals surface area contributed by atoms with Gasteiger partial charge in [0.05, 0.1) is 22.1 Å². The van der Waals surface area contributed by atoms with Gasteiger partial charge in [-0.1, -0.05) is 17.7 Å². The molecule has 2 aromatic carbocycles. The number of methoxy groups -OCH3 is 1. The molecule has 1 heterocycles. The lowest BCUT2D eigenvalue weighted by molar-refractivity contribution is 0.0535. The molecule has 0 saturated carbocycles. The van der Waals surface area contributed by atoms with Crippen LogP contribution >= 0.6 is 11.6 Å². The van der Waals surface area contributed by atoms with Crippen LogP contribution < -0.4 is 4.72 Å². The highest BCUT2D eigenvalue weighted by atomic mass is 35.5. The Morgan fingerprint density at radius 2 is 1.64 bits per heavy atom. The second-order valence-corrected chi connectivity index (χ2v) is 9.75. The van der Waals surface area contributed by atoms with Crippen LogP contribution in [0, 0.1) is 12.7 Å². The van der Waals surface area contributed by atoms with Gasteiger partial charge in [-0.05, 0) is 42.8 Å². The third kappa shape index (κ3) is 5.89. The number of hydrogen-bond acceptors (Lipinski definition) is 5. The van der Waals surface area contributed by atoms with Crippen molar-refractivity contribution in [3.63, 3.8) is 0 Å². The zero-order valence-corrected chi connectivity index (χ0v) is 19.9. The summed E-state index contributed by atoms with van der Waals surface area (Å²) in [5, 5.41) is 0.0336. The van der Waals surface area contributed by atoms with Gasteiger partial charge >= 0.3 is 0 Å². The molecule has 1 saturated heterocycles. The summed E-state index contributed by atoms with van der Waals surface area (Å²) >= 11 is 6.00. The summed E-state index contributed by atoms with van der Waals surface area (Å²) in [6.07, 6.45) is 0. The predicted molar refractivity (Wildman–Crippen MR) is 121 cm³/mol. The van der Waals surface area contributed by atoms with Crippen LogP contribution in [0.5, 0.6) is 0 Å². The first-order chi connectivity index (χ1) is 15.6.